The van der Waals surface area contributed by atoms with Gasteiger partial charge in [0, 0.05) is 26.1 Å². The average Bonchev–Trinajstić information content (AvgIpc) is 2.49. The molecule has 0 bridgehead atoms. The Hall–Kier alpha value is -1.35. The van der Waals surface area contributed by atoms with Crippen molar-refractivity contribution >= 4 is 22.2 Å². The van der Waals surface area contributed by atoms with E-state index in [2.05, 4.69) is 5.32 Å². The third-order valence-corrected chi connectivity index (χ3v) is 3.56. The summed E-state index contributed by atoms with van der Waals surface area (Å²) in [6, 6.07) is -0.261. The van der Waals surface area contributed by atoms with Gasteiger partial charge in [-0.1, -0.05) is 0 Å². The third kappa shape index (κ3) is 3.35. The Morgan fingerprint density at radius 2 is 2.06 bits per heavy atom. The van der Waals surface area contributed by atoms with E-state index in [-0.39, 0.29) is 25.0 Å². The number of hydrogen-bond donors (Lipinski definition) is 3. The third-order valence-electron chi connectivity index (χ3n) is 2.11. The SMILES string of the molecule is CC(=O)NC1CCN(S(=O)(=O)NC(=O)O)C1. The molecule has 0 aliphatic carbocycles. The molecule has 0 aromatic heterocycles. The first-order chi connectivity index (χ1) is 7.31. The van der Waals surface area contributed by atoms with Gasteiger partial charge in [0.05, 0.1) is 0 Å². The summed E-state index contributed by atoms with van der Waals surface area (Å²) in [5.74, 6) is -0.240. The fourth-order valence-electron chi connectivity index (χ4n) is 1.53. The summed E-state index contributed by atoms with van der Waals surface area (Å²) in [5, 5.41) is 10.9. The largest absolute Gasteiger partial charge is 0.464 e. The van der Waals surface area contributed by atoms with Crippen LogP contribution in [0, 0.1) is 0 Å². The Morgan fingerprint density at radius 1 is 1.44 bits per heavy atom. The highest BCUT2D eigenvalue weighted by Crippen LogP contribution is 2.12. The van der Waals surface area contributed by atoms with Crippen LogP contribution in [0.15, 0.2) is 0 Å². The van der Waals surface area contributed by atoms with Crippen LogP contribution in [0.5, 0.6) is 0 Å². The molecule has 9 heteroatoms. The van der Waals surface area contributed by atoms with Crippen LogP contribution in [0.3, 0.4) is 0 Å². The Morgan fingerprint density at radius 3 is 2.56 bits per heavy atom. The summed E-state index contributed by atoms with van der Waals surface area (Å²) < 4.78 is 25.2. The van der Waals surface area contributed by atoms with Crippen LogP contribution < -0.4 is 10.0 Å². The standard InChI is InChI=1S/C7H13N3O5S/c1-5(11)8-6-2-3-10(4-6)16(14,15)9-7(12)13/h6,9H,2-4H2,1H3,(H,8,11)(H,12,13). The zero-order chi connectivity index (χ0) is 12.3. The summed E-state index contributed by atoms with van der Waals surface area (Å²) in [4.78, 5) is 21.0. The van der Waals surface area contributed by atoms with Crippen molar-refractivity contribution in [2.24, 2.45) is 0 Å². The Bertz CT molecular complexity index is 393. The highest BCUT2D eigenvalue weighted by atomic mass is 32.2. The van der Waals surface area contributed by atoms with Gasteiger partial charge >= 0.3 is 16.3 Å². The highest BCUT2D eigenvalue weighted by molar-refractivity contribution is 7.87. The smallest absolute Gasteiger partial charge is 0.419 e. The van der Waals surface area contributed by atoms with E-state index < -0.39 is 16.3 Å². The Balaban J connectivity index is 2.59. The molecule has 8 nitrogen and oxygen atoms in total. The molecule has 1 aliphatic rings. The van der Waals surface area contributed by atoms with E-state index in [1.165, 1.54) is 11.6 Å². The van der Waals surface area contributed by atoms with Gasteiger partial charge in [-0.15, -0.1) is 0 Å². The van der Waals surface area contributed by atoms with Crippen LogP contribution in [-0.4, -0.2) is 49.0 Å². The van der Waals surface area contributed by atoms with Gasteiger partial charge in [-0.05, 0) is 6.42 Å². The molecule has 1 atom stereocenters. The molecule has 1 saturated heterocycles. The fourth-order valence-corrected chi connectivity index (χ4v) is 2.60. The fraction of sp³-hybridized carbons (Fsp3) is 0.714. The zero-order valence-corrected chi connectivity index (χ0v) is 9.45. The van der Waals surface area contributed by atoms with Crippen LogP contribution in [0.1, 0.15) is 13.3 Å². The number of carbonyl (C=O) groups excluding carboxylic acids is 1. The van der Waals surface area contributed by atoms with E-state index in [4.69, 9.17) is 5.11 Å². The lowest BCUT2D eigenvalue weighted by Crippen LogP contribution is -2.43. The van der Waals surface area contributed by atoms with Crippen molar-refractivity contribution in [3.05, 3.63) is 0 Å². The molecule has 0 spiro atoms. The number of carbonyl (C=O) groups is 2. The number of amides is 2. The van der Waals surface area contributed by atoms with Crippen molar-refractivity contribution in [1.82, 2.24) is 14.3 Å². The lowest BCUT2D eigenvalue weighted by atomic mass is 10.3. The van der Waals surface area contributed by atoms with Gasteiger partial charge in [0.2, 0.25) is 5.91 Å². The number of rotatable bonds is 3. The molecule has 1 unspecified atom stereocenters. The van der Waals surface area contributed by atoms with Crippen molar-refractivity contribution in [2.45, 2.75) is 19.4 Å². The number of nitrogens with one attached hydrogen (secondary N) is 2. The van der Waals surface area contributed by atoms with E-state index >= 15 is 0 Å². The van der Waals surface area contributed by atoms with Gasteiger partial charge < -0.3 is 10.4 Å². The first-order valence-corrected chi connectivity index (χ1v) is 6.03. The van der Waals surface area contributed by atoms with Gasteiger partial charge in [-0.2, -0.15) is 12.7 Å². The first-order valence-electron chi connectivity index (χ1n) is 4.59. The number of hydrogen-bond acceptors (Lipinski definition) is 4. The van der Waals surface area contributed by atoms with Crippen LogP contribution >= 0.6 is 0 Å². The van der Waals surface area contributed by atoms with Gasteiger partial charge in [-0.3, -0.25) is 4.79 Å². The van der Waals surface area contributed by atoms with Crippen LogP contribution in [0.2, 0.25) is 0 Å². The Kier molecular flexibility index (Phi) is 3.70. The molecule has 0 saturated carbocycles. The van der Waals surface area contributed by atoms with Gasteiger partial charge in [0.1, 0.15) is 0 Å². The van der Waals surface area contributed by atoms with Gasteiger partial charge in [0.15, 0.2) is 0 Å². The van der Waals surface area contributed by atoms with E-state index in [9.17, 15) is 18.0 Å². The zero-order valence-electron chi connectivity index (χ0n) is 8.63. The molecular formula is C7H13N3O5S. The van der Waals surface area contributed by atoms with Gasteiger partial charge in [-0.25, -0.2) is 9.52 Å². The van der Waals surface area contributed by atoms with E-state index in [0.29, 0.717) is 6.42 Å². The molecule has 3 N–H and O–H groups in total. The van der Waals surface area contributed by atoms with Gasteiger partial charge in [0.25, 0.3) is 0 Å². The summed E-state index contributed by atoms with van der Waals surface area (Å²) in [6.07, 6.45) is -1.15. The summed E-state index contributed by atoms with van der Waals surface area (Å²) in [7, 11) is -4.00. The molecular weight excluding hydrogens is 238 g/mol. The number of nitrogens with zero attached hydrogens (tertiary/aromatic N) is 1. The highest BCUT2D eigenvalue weighted by Gasteiger charge is 2.32. The van der Waals surface area contributed by atoms with E-state index in [0.717, 1.165) is 4.31 Å². The molecule has 1 rings (SSSR count). The second-order valence-electron chi connectivity index (χ2n) is 3.46. The van der Waals surface area contributed by atoms with Crippen LogP contribution in [0.25, 0.3) is 0 Å². The van der Waals surface area contributed by atoms with Crippen LogP contribution in [-0.2, 0) is 15.0 Å². The normalized spacial score (nSPS) is 21.7. The average molecular weight is 251 g/mol. The van der Waals surface area contributed by atoms with Crippen molar-refractivity contribution in [3.8, 4) is 0 Å². The maximum atomic E-state index is 11.4. The molecule has 0 aromatic rings. The lowest BCUT2D eigenvalue weighted by Gasteiger charge is -2.15. The predicted octanol–water partition coefficient (Wildman–Crippen LogP) is -1.29. The summed E-state index contributed by atoms with van der Waals surface area (Å²) >= 11 is 0. The topological polar surface area (TPSA) is 116 Å². The van der Waals surface area contributed by atoms with Crippen LogP contribution in [0.4, 0.5) is 4.79 Å². The quantitative estimate of drug-likeness (QED) is 0.577. The molecule has 16 heavy (non-hydrogen) atoms. The molecule has 2 amide bonds. The van der Waals surface area contributed by atoms with Crippen molar-refractivity contribution in [1.29, 1.82) is 0 Å². The summed E-state index contributed by atoms with van der Waals surface area (Å²) in [6.45, 7) is 1.61. The Labute approximate surface area is 92.8 Å². The van der Waals surface area contributed by atoms with E-state index in [1.807, 2.05) is 0 Å². The summed E-state index contributed by atoms with van der Waals surface area (Å²) in [5.41, 5.74) is 0. The predicted molar refractivity (Wildman–Crippen MR) is 53.9 cm³/mol. The van der Waals surface area contributed by atoms with E-state index in [1.54, 1.807) is 0 Å². The minimum absolute atomic E-state index is 0.0855. The molecule has 1 heterocycles. The second kappa shape index (κ2) is 4.66. The van der Waals surface area contributed by atoms with Crippen molar-refractivity contribution < 1.29 is 23.1 Å². The molecule has 0 aromatic carbocycles. The van der Waals surface area contributed by atoms with Crippen molar-refractivity contribution in [2.75, 3.05) is 13.1 Å². The minimum Gasteiger partial charge on any atom is -0.464 e. The molecule has 1 aliphatic heterocycles. The molecule has 92 valence electrons. The number of carboxylic acid groups (broad SMARTS) is 1. The monoisotopic (exact) mass is 251 g/mol. The molecule has 0 radical (unpaired) electrons. The first kappa shape index (κ1) is 12.7. The maximum absolute atomic E-state index is 11.4. The maximum Gasteiger partial charge on any atom is 0.419 e. The lowest BCUT2D eigenvalue weighted by molar-refractivity contribution is -0.119. The minimum atomic E-state index is -4.00. The second-order valence-corrected chi connectivity index (χ2v) is 5.13. The van der Waals surface area contributed by atoms with Crippen molar-refractivity contribution in [3.63, 3.8) is 0 Å². The molecule has 1 fully saturated rings.